The fraction of sp³-hybridized carbons (Fsp3) is 0.462. The van der Waals surface area contributed by atoms with E-state index >= 15 is 0 Å². The van der Waals surface area contributed by atoms with Gasteiger partial charge in [0, 0.05) is 24.8 Å². The molecule has 6 nitrogen and oxygen atoms in total. The van der Waals surface area contributed by atoms with Crippen LogP contribution >= 0.6 is 0 Å². The van der Waals surface area contributed by atoms with Gasteiger partial charge in [0.1, 0.15) is 0 Å². The van der Waals surface area contributed by atoms with Gasteiger partial charge in [-0.25, -0.2) is 8.42 Å². The number of amides is 1. The van der Waals surface area contributed by atoms with Crippen molar-refractivity contribution in [1.29, 1.82) is 0 Å². The summed E-state index contributed by atoms with van der Waals surface area (Å²) in [5.74, 6) is -0.101. The Balaban J connectivity index is 1.96. The molecule has 2 aliphatic rings. The number of rotatable bonds is 3. The fourth-order valence-corrected chi connectivity index (χ4v) is 4.62. The fourth-order valence-electron chi connectivity index (χ4n) is 2.86. The number of anilines is 1. The van der Waals surface area contributed by atoms with Gasteiger partial charge >= 0.3 is 0 Å². The molecule has 0 radical (unpaired) electrons. The van der Waals surface area contributed by atoms with Crippen LogP contribution in [0.5, 0.6) is 0 Å². The molecule has 0 aromatic heterocycles. The van der Waals surface area contributed by atoms with E-state index in [1.165, 1.54) is 4.31 Å². The maximum absolute atomic E-state index is 12.7. The maximum Gasteiger partial charge on any atom is 0.243 e. The number of carbonyl (C=O) groups excluding carboxylic acids is 1. The summed E-state index contributed by atoms with van der Waals surface area (Å²) in [5, 5.41) is 2.70. The van der Waals surface area contributed by atoms with Crippen molar-refractivity contribution in [2.75, 3.05) is 18.4 Å². The molecule has 1 amide bonds. The molecule has 7 heteroatoms. The SMILES string of the molecule is NCC1CCCN1S(=O)(=O)c1ccc2c(c1)CC(=O)N2. The Hall–Kier alpha value is -1.44. The van der Waals surface area contributed by atoms with Crippen LogP contribution in [0, 0.1) is 0 Å². The number of sulfonamides is 1. The topological polar surface area (TPSA) is 92.5 Å². The normalized spacial score (nSPS) is 22.9. The van der Waals surface area contributed by atoms with Gasteiger partial charge in [0.2, 0.25) is 15.9 Å². The van der Waals surface area contributed by atoms with Crippen molar-refractivity contribution in [1.82, 2.24) is 4.31 Å². The molecule has 1 unspecified atom stereocenters. The van der Waals surface area contributed by atoms with Crippen molar-refractivity contribution >= 4 is 21.6 Å². The van der Waals surface area contributed by atoms with Crippen LogP contribution in [-0.2, 0) is 21.2 Å². The van der Waals surface area contributed by atoms with Crippen molar-refractivity contribution in [2.24, 2.45) is 5.73 Å². The average molecular weight is 295 g/mol. The molecule has 2 aliphatic heterocycles. The second-order valence-electron chi connectivity index (χ2n) is 5.19. The van der Waals surface area contributed by atoms with E-state index in [1.807, 2.05) is 0 Å². The Morgan fingerprint density at radius 2 is 2.20 bits per heavy atom. The van der Waals surface area contributed by atoms with Gasteiger partial charge in [-0.1, -0.05) is 0 Å². The number of benzene rings is 1. The first-order valence-corrected chi connectivity index (χ1v) is 8.11. The molecule has 3 N–H and O–H groups in total. The summed E-state index contributed by atoms with van der Waals surface area (Å²) in [6.07, 6.45) is 1.88. The van der Waals surface area contributed by atoms with E-state index in [0.717, 1.165) is 18.4 Å². The van der Waals surface area contributed by atoms with E-state index in [4.69, 9.17) is 5.73 Å². The van der Waals surface area contributed by atoms with E-state index in [2.05, 4.69) is 5.32 Å². The Labute approximate surface area is 118 Å². The van der Waals surface area contributed by atoms with Crippen molar-refractivity contribution < 1.29 is 13.2 Å². The smallest absolute Gasteiger partial charge is 0.243 e. The molecule has 1 aromatic rings. The van der Waals surface area contributed by atoms with E-state index in [1.54, 1.807) is 18.2 Å². The zero-order valence-corrected chi connectivity index (χ0v) is 11.8. The standard InChI is InChI=1S/C13H17N3O3S/c14-8-10-2-1-5-16(10)20(18,19)11-3-4-12-9(6-11)7-13(17)15-12/h3-4,6,10H,1-2,5,7-8,14H2,(H,15,17). The van der Waals surface area contributed by atoms with Crippen LogP contribution in [0.4, 0.5) is 5.69 Å². The van der Waals surface area contributed by atoms with Gasteiger partial charge in [-0.2, -0.15) is 4.31 Å². The average Bonchev–Trinajstić information content (AvgIpc) is 3.02. The lowest BCUT2D eigenvalue weighted by Crippen LogP contribution is -2.39. The highest BCUT2D eigenvalue weighted by molar-refractivity contribution is 7.89. The van der Waals surface area contributed by atoms with Gasteiger partial charge in [0.25, 0.3) is 0 Å². The number of hydrogen-bond acceptors (Lipinski definition) is 4. The van der Waals surface area contributed by atoms with Crippen LogP contribution in [0.15, 0.2) is 23.1 Å². The summed E-state index contributed by atoms with van der Waals surface area (Å²) in [6, 6.07) is 4.67. The van der Waals surface area contributed by atoms with Crippen molar-refractivity contribution in [3.63, 3.8) is 0 Å². The maximum atomic E-state index is 12.7. The van der Waals surface area contributed by atoms with Crippen LogP contribution < -0.4 is 11.1 Å². The van der Waals surface area contributed by atoms with Crippen molar-refractivity contribution in [2.45, 2.75) is 30.2 Å². The lowest BCUT2D eigenvalue weighted by atomic mass is 10.2. The Bertz CT molecular complexity index is 657. The Morgan fingerprint density at radius 3 is 2.95 bits per heavy atom. The van der Waals surface area contributed by atoms with Gasteiger partial charge in [-0.15, -0.1) is 0 Å². The molecule has 0 saturated carbocycles. The van der Waals surface area contributed by atoms with E-state index in [9.17, 15) is 13.2 Å². The number of nitrogens with zero attached hydrogens (tertiary/aromatic N) is 1. The molecule has 1 saturated heterocycles. The van der Waals surface area contributed by atoms with Gasteiger partial charge in [0.05, 0.1) is 11.3 Å². The van der Waals surface area contributed by atoms with Crippen molar-refractivity contribution in [3.05, 3.63) is 23.8 Å². The summed E-state index contributed by atoms with van der Waals surface area (Å²) in [5.41, 5.74) is 7.08. The minimum Gasteiger partial charge on any atom is -0.329 e. The molecule has 20 heavy (non-hydrogen) atoms. The zero-order chi connectivity index (χ0) is 14.3. The molecule has 0 bridgehead atoms. The second kappa shape index (κ2) is 4.83. The van der Waals surface area contributed by atoms with Crippen LogP contribution in [0.1, 0.15) is 18.4 Å². The molecular weight excluding hydrogens is 278 g/mol. The first-order chi connectivity index (χ1) is 9.52. The van der Waals surface area contributed by atoms with Crippen LogP contribution in [-0.4, -0.2) is 37.8 Å². The molecule has 0 aliphatic carbocycles. The van der Waals surface area contributed by atoms with Gasteiger partial charge in [0.15, 0.2) is 0 Å². The van der Waals surface area contributed by atoms with Crippen molar-refractivity contribution in [3.8, 4) is 0 Å². The van der Waals surface area contributed by atoms with E-state index in [-0.39, 0.29) is 23.3 Å². The number of nitrogens with two attached hydrogens (primary N) is 1. The summed E-state index contributed by atoms with van der Waals surface area (Å²) >= 11 is 0. The highest BCUT2D eigenvalue weighted by atomic mass is 32.2. The first-order valence-electron chi connectivity index (χ1n) is 6.67. The highest BCUT2D eigenvalue weighted by Crippen LogP contribution is 2.30. The highest BCUT2D eigenvalue weighted by Gasteiger charge is 2.35. The number of nitrogens with one attached hydrogen (secondary N) is 1. The summed E-state index contributed by atoms with van der Waals surface area (Å²) in [6.45, 7) is 0.850. The third kappa shape index (κ3) is 2.11. The quantitative estimate of drug-likeness (QED) is 0.838. The second-order valence-corrected chi connectivity index (χ2v) is 7.08. The summed E-state index contributed by atoms with van der Waals surface area (Å²) < 4.78 is 26.8. The van der Waals surface area contributed by atoms with Crippen LogP contribution in [0.25, 0.3) is 0 Å². The number of fused-ring (bicyclic) bond motifs is 1. The lowest BCUT2D eigenvalue weighted by molar-refractivity contribution is -0.115. The Kier molecular flexibility index (Phi) is 3.27. The van der Waals surface area contributed by atoms with Gasteiger partial charge < -0.3 is 11.1 Å². The monoisotopic (exact) mass is 295 g/mol. The molecule has 108 valence electrons. The number of hydrogen-bond donors (Lipinski definition) is 2. The van der Waals surface area contributed by atoms with Crippen LogP contribution in [0.2, 0.25) is 0 Å². The molecule has 1 atom stereocenters. The minimum absolute atomic E-state index is 0.101. The molecule has 2 heterocycles. The molecule has 1 aromatic carbocycles. The molecular formula is C13H17N3O3S. The number of carbonyl (C=O) groups is 1. The third-order valence-corrected chi connectivity index (χ3v) is 5.85. The van der Waals surface area contributed by atoms with Gasteiger partial charge in [-0.05, 0) is 36.6 Å². The predicted molar refractivity (Wildman–Crippen MR) is 74.7 cm³/mol. The van der Waals surface area contributed by atoms with Gasteiger partial charge in [-0.3, -0.25) is 4.79 Å². The predicted octanol–water partition coefficient (Wildman–Crippen LogP) is 0.293. The van der Waals surface area contributed by atoms with Crippen LogP contribution in [0.3, 0.4) is 0 Å². The molecule has 1 fully saturated rings. The van der Waals surface area contributed by atoms with E-state index in [0.29, 0.717) is 18.8 Å². The summed E-state index contributed by atoms with van der Waals surface area (Å²) in [7, 11) is -3.52. The first kappa shape index (κ1) is 13.5. The van der Waals surface area contributed by atoms with E-state index < -0.39 is 10.0 Å². The lowest BCUT2D eigenvalue weighted by Gasteiger charge is -2.23. The Morgan fingerprint density at radius 1 is 1.40 bits per heavy atom. The molecule has 3 rings (SSSR count). The molecule has 0 spiro atoms. The minimum atomic E-state index is -3.52. The largest absolute Gasteiger partial charge is 0.329 e. The zero-order valence-electron chi connectivity index (χ0n) is 11.0. The third-order valence-electron chi connectivity index (χ3n) is 3.90. The summed E-state index contributed by atoms with van der Waals surface area (Å²) in [4.78, 5) is 11.6.